The molecule has 0 spiro atoms. The van der Waals surface area contributed by atoms with Crippen LogP contribution in [0.25, 0.3) is 0 Å². The van der Waals surface area contributed by atoms with E-state index >= 15 is 0 Å². The van der Waals surface area contributed by atoms with E-state index in [0.717, 1.165) is 12.8 Å². The van der Waals surface area contributed by atoms with E-state index in [9.17, 15) is 9.90 Å². The number of ether oxygens (including phenoxy) is 1. The number of carbonyl (C=O) groups is 1. The molecule has 2 atom stereocenters. The first-order valence-corrected chi connectivity index (χ1v) is 6.35. The molecule has 2 aliphatic heterocycles. The SMILES string of the molecule is N#Cc1ccc(C(=O)O)c(N2CC3CCC(C2)O3)c1. The third-order valence-corrected chi connectivity index (χ3v) is 3.74. The molecule has 1 N–H and O–H groups in total. The van der Waals surface area contributed by atoms with Crippen molar-refractivity contribution in [3.8, 4) is 6.07 Å². The summed E-state index contributed by atoms with van der Waals surface area (Å²) in [6.07, 6.45) is 2.43. The minimum absolute atomic E-state index is 0.186. The fourth-order valence-corrected chi connectivity index (χ4v) is 2.86. The van der Waals surface area contributed by atoms with Crippen LogP contribution in [0, 0.1) is 11.3 Å². The van der Waals surface area contributed by atoms with Crippen LogP contribution in [-0.2, 0) is 4.74 Å². The lowest BCUT2D eigenvalue weighted by Gasteiger charge is -2.34. The van der Waals surface area contributed by atoms with Crippen molar-refractivity contribution in [3.05, 3.63) is 29.3 Å². The molecule has 98 valence electrons. The molecule has 19 heavy (non-hydrogen) atoms. The normalized spacial score (nSPS) is 25.1. The Morgan fingerprint density at radius 2 is 2.05 bits per heavy atom. The van der Waals surface area contributed by atoms with Crippen molar-refractivity contribution >= 4 is 11.7 Å². The Kier molecular flexibility index (Phi) is 2.88. The number of rotatable bonds is 2. The quantitative estimate of drug-likeness (QED) is 0.872. The Balaban J connectivity index is 1.98. The Morgan fingerprint density at radius 1 is 1.37 bits per heavy atom. The summed E-state index contributed by atoms with van der Waals surface area (Å²) >= 11 is 0. The Hall–Kier alpha value is -2.06. The zero-order valence-electron chi connectivity index (χ0n) is 10.4. The van der Waals surface area contributed by atoms with Crippen molar-refractivity contribution in [3.63, 3.8) is 0 Å². The molecule has 5 nitrogen and oxygen atoms in total. The van der Waals surface area contributed by atoms with E-state index in [0.29, 0.717) is 24.3 Å². The van der Waals surface area contributed by atoms with Gasteiger partial charge in [0.25, 0.3) is 0 Å². The van der Waals surface area contributed by atoms with Gasteiger partial charge in [0.15, 0.2) is 0 Å². The molecule has 2 saturated heterocycles. The van der Waals surface area contributed by atoms with Crippen LogP contribution < -0.4 is 4.90 Å². The summed E-state index contributed by atoms with van der Waals surface area (Å²) in [5.41, 5.74) is 1.37. The molecular formula is C14H14N2O3. The molecule has 0 amide bonds. The second-order valence-electron chi connectivity index (χ2n) is 5.01. The van der Waals surface area contributed by atoms with Gasteiger partial charge in [0.1, 0.15) is 0 Å². The van der Waals surface area contributed by atoms with Gasteiger partial charge in [-0.25, -0.2) is 4.79 Å². The van der Waals surface area contributed by atoms with Gasteiger partial charge in [-0.2, -0.15) is 5.26 Å². The molecule has 0 aliphatic carbocycles. The number of morpholine rings is 1. The van der Waals surface area contributed by atoms with Crippen molar-refractivity contribution in [1.82, 2.24) is 0 Å². The zero-order chi connectivity index (χ0) is 13.4. The topological polar surface area (TPSA) is 73.6 Å². The Bertz CT molecular complexity index is 552. The monoisotopic (exact) mass is 258 g/mol. The van der Waals surface area contributed by atoms with Crippen LogP contribution in [0.3, 0.4) is 0 Å². The summed E-state index contributed by atoms with van der Waals surface area (Å²) in [5, 5.41) is 18.2. The number of hydrogen-bond donors (Lipinski definition) is 1. The lowest BCUT2D eigenvalue weighted by atomic mass is 10.1. The summed E-state index contributed by atoms with van der Waals surface area (Å²) < 4.78 is 5.75. The maximum atomic E-state index is 11.3. The van der Waals surface area contributed by atoms with Gasteiger partial charge in [0.2, 0.25) is 0 Å². The van der Waals surface area contributed by atoms with E-state index < -0.39 is 5.97 Å². The van der Waals surface area contributed by atoms with Gasteiger partial charge in [-0.15, -0.1) is 0 Å². The van der Waals surface area contributed by atoms with Crippen LogP contribution in [-0.4, -0.2) is 36.4 Å². The molecule has 2 unspecified atom stereocenters. The van der Waals surface area contributed by atoms with Crippen LogP contribution in [0.4, 0.5) is 5.69 Å². The summed E-state index contributed by atoms with van der Waals surface area (Å²) in [5.74, 6) is -0.960. The van der Waals surface area contributed by atoms with Crippen LogP contribution >= 0.6 is 0 Å². The maximum absolute atomic E-state index is 11.3. The first-order chi connectivity index (χ1) is 9.17. The van der Waals surface area contributed by atoms with Crippen molar-refractivity contribution in [2.75, 3.05) is 18.0 Å². The summed E-state index contributed by atoms with van der Waals surface area (Å²) in [4.78, 5) is 13.3. The highest BCUT2D eigenvalue weighted by Gasteiger charge is 2.34. The smallest absolute Gasteiger partial charge is 0.337 e. The summed E-state index contributed by atoms with van der Waals surface area (Å²) in [7, 11) is 0. The van der Waals surface area contributed by atoms with Gasteiger partial charge >= 0.3 is 5.97 Å². The molecule has 2 heterocycles. The average Bonchev–Trinajstić information content (AvgIpc) is 2.76. The first-order valence-electron chi connectivity index (χ1n) is 6.35. The average molecular weight is 258 g/mol. The van der Waals surface area contributed by atoms with Gasteiger partial charge in [-0.3, -0.25) is 0 Å². The second kappa shape index (κ2) is 4.56. The number of aromatic carboxylic acids is 1. The number of anilines is 1. The summed E-state index contributed by atoms with van der Waals surface area (Å²) in [6, 6.07) is 6.77. The molecule has 2 fully saturated rings. The van der Waals surface area contributed by atoms with Crippen LogP contribution in [0.15, 0.2) is 18.2 Å². The largest absolute Gasteiger partial charge is 0.478 e. The predicted molar refractivity (Wildman–Crippen MR) is 68.2 cm³/mol. The van der Waals surface area contributed by atoms with Gasteiger partial charge < -0.3 is 14.7 Å². The number of fused-ring (bicyclic) bond motifs is 2. The van der Waals surface area contributed by atoms with Gasteiger partial charge in [-0.05, 0) is 31.0 Å². The van der Waals surface area contributed by atoms with Crippen molar-refractivity contribution < 1.29 is 14.6 Å². The van der Waals surface area contributed by atoms with E-state index in [1.807, 2.05) is 4.90 Å². The fourth-order valence-electron chi connectivity index (χ4n) is 2.86. The molecule has 1 aromatic rings. The highest BCUT2D eigenvalue weighted by Crippen LogP contribution is 2.31. The fraction of sp³-hybridized carbons (Fsp3) is 0.429. The Morgan fingerprint density at radius 3 is 2.63 bits per heavy atom. The van der Waals surface area contributed by atoms with Crippen molar-refractivity contribution in [1.29, 1.82) is 5.26 Å². The standard InChI is InChI=1S/C14H14N2O3/c15-6-9-1-4-12(14(17)18)13(5-9)16-7-10-2-3-11(8-16)19-10/h1,4-5,10-11H,2-3,7-8H2,(H,17,18). The van der Waals surface area contributed by atoms with Gasteiger partial charge in [0.05, 0.1) is 35.1 Å². The Labute approximate surface area is 111 Å². The van der Waals surface area contributed by atoms with E-state index in [2.05, 4.69) is 6.07 Å². The molecular weight excluding hydrogens is 244 g/mol. The van der Waals surface area contributed by atoms with E-state index in [4.69, 9.17) is 10.00 Å². The van der Waals surface area contributed by atoms with Crippen LogP contribution in [0.2, 0.25) is 0 Å². The number of carboxylic acids is 1. The molecule has 0 saturated carbocycles. The number of benzene rings is 1. The minimum atomic E-state index is -0.960. The maximum Gasteiger partial charge on any atom is 0.337 e. The molecule has 3 rings (SSSR count). The molecule has 2 aliphatic rings. The number of carboxylic acid groups (broad SMARTS) is 1. The molecule has 2 bridgehead atoms. The highest BCUT2D eigenvalue weighted by molar-refractivity contribution is 5.94. The predicted octanol–water partition coefficient (Wildman–Crippen LogP) is 1.62. The number of nitrogens with zero attached hydrogens (tertiary/aromatic N) is 2. The molecule has 1 aromatic carbocycles. The third-order valence-electron chi connectivity index (χ3n) is 3.74. The third kappa shape index (κ3) is 2.15. The van der Waals surface area contributed by atoms with Crippen molar-refractivity contribution in [2.24, 2.45) is 0 Å². The number of hydrogen-bond acceptors (Lipinski definition) is 4. The lowest BCUT2D eigenvalue weighted by Crippen LogP contribution is -2.43. The van der Waals surface area contributed by atoms with Crippen molar-refractivity contribution in [2.45, 2.75) is 25.0 Å². The lowest BCUT2D eigenvalue weighted by molar-refractivity contribution is 0.0303. The minimum Gasteiger partial charge on any atom is -0.478 e. The first kappa shape index (κ1) is 12.0. The van der Waals surface area contributed by atoms with E-state index in [1.165, 1.54) is 6.07 Å². The molecule has 0 radical (unpaired) electrons. The van der Waals surface area contributed by atoms with Gasteiger partial charge in [-0.1, -0.05) is 0 Å². The second-order valence-corrected chi connectivity index (χ2v) is 5.01. The van der Waals surface area contributed by atoms with Crippen LogP contribution in [0.1, 0.15) is 28.8 Å². The number of nitriles is 1. The van der Waals surface area contributed by atoms with Crippen LogP contribution in [0.5, 0.6) is 0 Å². The van der Waals surface area contributed by atoms with E-state index in [1.54, 1.807) is 12.1 Å². The summed E-state index contributed by atoms with van der Waals surface area (Å²) in [6.45, 7) is 1.40. The van der Waals surface area contributed by atoms with E-state index in [-0.39, 0.29) is 17.8 Å². The molecule has 0 aromatic heterocycles. The van der Waals surface area contributed by atoms with Gasteiger partial charge in [0, 0.05) is 13.1 Å². The molecule has 5 heteroatoms. The zero-order valence-corrected chi connectivity index (χ0v) is 10.4. The highest BCUT2D eigenvalue weighted by atomic mass is 16.5.